The van der Waals surface area contributed by atoms with Crippen molar-refractivity contribution < 1.29 is 55.6 Å². The summed E-state index contributed by atoms with van der Waals surface area (Å²) in [7, 11) is 0. The Balaban J connectivity index is 0.000000211. The second-order valence-electron chi connectivity index (χ2n) is 7.50. The minimum Gasteiger partial charge on any atom is -0.478 e. The zero-order valence-electron chi connectivity index (χ0n) is 17.9. The van der Waals surface area contributed by atoms with Crippen LogP contribution in [0.1, 0.15) is 11.1 Å². The van der Waals surface area contributed by atoms with Gasteiger partial charge in [0.25, 0.3) is 0 Å². The van der Waals surface area contributed by atoms with E-state index < -0.39 is 47.6 Å². The molecule has 204 valence electrons. The number of rotatable bonds is 2. The predicted molar refractivity (Wildman–Crippen MR) is 125 cm³/mol. The van der Waals surface area contributed by atoms with Crippen LogP contribution in [0.2, 0.25) is 20.1 Å². The van der Waals surface area contributed by atoms with Gasteiger partial charge in [-0.2, -0.15) is 26.3 Å². The predicted octanol–water partition coefficient (Wildman–Crippen LogP) is 7.57. The monoisotopic (exact) mass is 624 g/mol. The third-order valence-corrected chi connectivity index (χ3v) is 5.82. The van der Waals surface area contributed by atoms with Crippen molar-refractivity contribution in [3.8, 4) is 11.5 Å². The standard InChI is InChI=1S/2C11H5Cl2F3O3/c2*12-5-1-4-2-6(10(17)18)9(11(14,15)16)19-8(4)7(13)3-5/h2*1-3,9H,(H,17,18)/t9-;/m0./s1. The molecule has 0 bridgehead atoms. The Morgan fingerprint density at radius 3 is 1.24 bits per heavy atom. The first-order valence-corrected chi connectivity index (χ1v) is 11.3. The topological polar surface area (TPSA) is 93.1 Å². The van der Waals surface area contributed by atoms with Gasteiger partial charge in [0.05, 0.1) is 21.2 Å². The Morgan fingerprint density at radius 1 is 0.658 bits per heavy atom. The Morgan fingerprint density at radius 2 is 0.974 bits per heavy atom. The van der Waals surface area contributed by atoms with Gasteiger partial charge >= 0.3 is 24.3 Å². The molecule has 0 aromatic heterocycles. The van der Waals surface area contributed by atoms with Crippen LogP contribution in [0, 0.1) is 0 Å². The van der Waals surface area contributed by atoms with E-state index >= 15 is 0 Å². The number of aliphatic carboxylic acids is 2. The molecule has 2 aliphatic rings. The van der Waals surface area contributed by atoms with Crippen molar-refractivity contribution in [3.05, 3.63) is 66.6 Å². The molecule has 0 radical (unpaired) electrons. The fourth-order valence-electron chi connectivity index (χ4n) is 3.31. The second kappa shape index (κ2) is 10.8. The highest BCUT2D eigenvalue weighted by atomic mass is 35.5. The highest BCUT2D eigenvalue weighted by molar-refractivity contribution is 6.36. The summed E-state index contributed by atoms with van der Waals surface area (Å²) in [5.41, 5.74) is -1.65. The molecule has 6 nitrogen and oxygen atoms in total. The normalized spacial score (nSPS) is 18.4. The van der Waals surface area contributed by atoms with Gasteiger partial charge in [-0.05, 0) is 36.4 Å². The molecule has 2 N–H and O–H groups in total. The maximum Gasteiger partial charge on any atom is 0.430 e. The van der Waals surface area contributed by atoms with Crippen molar-refractivity contribution in [2.45, 2.75) is 24.6 Å². The maximum atomic E-state index is 12.8. The lowest BCUT2D eigenvalue weighted by molar-refractivity contribution is -0.187. The van der Waals surface area contributed by atoms with Crippen LogP contribution >= 0.6 is 46.4 Å². The molecular weight excluding hydrogens is 616 g/mol. The number of carboxylic acid groups (broad SMARTS) is 2. The highest BCUT2D eigenvalue weighted by Gasteiger charge is 2.49. The molecule has 0 saturated heterocycles. The quantitative estimate of drug-likeness (QED) is 0.335. The first-order valence-electron chi connectivity index (χ1n) is 9.74. The van der Waals surface area contributed by atoms with E-state index in [2.05, 4.69) is 0 Å². The lowest BCUT2D eigenvalue weighted by atomic mass is 10.0. The van der Waals surface area contributed by atoms with E-state index in [-0.39, 0.29) is 42.7 Å². The lowest BCUT2D eigenvalue weighted by Crippen LogP contribution is -2.40. The minimum absolute atomic E-state index is 0.0930. The van der Waals surface area contributed by atoms with Gasteiger partial charge in [0.1, 0.15) is 11.5 Å². The van der Waals surface area contributed by atoms with Crippen molar-refractivity contribution in [3.63, 3.8) is 0 Å². The van der Waals surface area contributed by atoms with E-state index in [1.807, 2.05) is 0 Å². The molecule has 2 aliphatic heterocycles. The van der Waals surface area contributed by atoms with Gasteiger partial charge in [-0.25, -0.2) is 9.59 Å². The molecule has 2 aromatic rings. The van der Waals surface area contributed by atoms with Crippen molar-refractivity contribution in [2.24, 2.45) is 0 Å². The summed E-state index contributed by atoms with van der Waals surface area (Å²) in [5, 5.41) is 17.7. The van der Waals surface area contributed by atoms with E-state index in [1.165, 1.54) is 24.3 Å². The summed E-state index contributed by atoms with van der Waals surface area (Å²) < 4.78 is 85.9. The lowest BCUT2D eigenvalue weighted by Gasteiger charge is -2.27. The molecule has 0 saturated carbocycles. The number of halogens is 10. The Bertz CT molecular complexity index is 1270. The summed E-state index contributed by atoms with van der Waals surface area (Å²) in [6, 6.07) is 4.99. The first-order chi connectivity index (χ1) is 17.4. The first kappa shape index (κ1) is 29.8. The van der Waals surface area contributed by atoms with E-state index in [4.69, 9.17) is 66.1 Å². The molecule has 0 aliphatic carbocycles. The van der Waals surface area contributed by atoms with E-state index in [1.54, 1.807) is 0 Å². The highest BCUT2D eigenvalue weighted by Crippen LogP contribution is 2.43. The smallest absolute Gasteiger partial charge is 0.430 e. The third-order valence-electron chi connectivity index (χ3n) is 4.82. The van der Waals surface area contributed by atoms with Crippen LogP contribution in [0.3, 0.4) is 0 Å². The van der Waals surface area contributed by atoms with Gasteiger partial charge in [-0.15, -0.1) is 0 Å². The molecule has 0 fully saturated rings. The van der Waals surface area contributed by atoms with E-state index in [9.17, 15) is 35.9 Å². The van der Waals surface area contributed by atoms with Gasteiger partial charge in [0.2, 0.25) is 12.2 Å². The largest absolute Gasteiger partial charge is 0.478 e. The molecule has 2 atom stereocenters. The van der Waals surface area contributed by atoms with Gasteiger partial charge in [0.15, 0.2) is 0 Å². The fraction of sp³-hybridized carbons (Fsp3) is 0.182. The molecule has 2 aromatic carbocycles. The third kappa shape index (κ3) is 6.42. The molecule has 4 rings (SSSR count). The molecular formula is C22H10Cl4F6O6. The Labute approximate surface area is 228 Å². The molecule has 2 heterocycles. The number of ether oxygens (including phenoxy) is 2. The summed E-state index contributed by atoms with van der Waals surface area (Å²) in [5.74, 6) is -3.91. The summed E-state index contributed by atoms with van der Waals surface area (Å²) in [6.07, 6.45) is -13.1. The number of fused-ring (bicyclic) bond motifs is 2. The van der Waals surface area contributed by atoms with Crippen LogP contribution in [0.4, 0.5) is 26.3 Å². The molecule has 1 unspecified atom stereocenters. The number of hydrogen-bond acceptors (Lipinski definition) is 4. The zero-order chi connectivity index (χ0) is 28.7. The van der Waals surface area contributed by atoms with Crippen LogP contribution in [0.25, 0.3) is 12.2 Å². The van der Waals surface area contributed by atoms with Gasteiger partial charge in [-0.1, -0.05) is 46.4 Å². The summed E-state index contributed by atoms with van der Waals surface area (Å²) in [6.45, 7) is 0. The van der Waals surface area contributed by atoms with E-state index in [0.717, 1.165) is 12.2 Å². The number of carboxylic acids is 2. The van der Waals surface area contributed by atoms with Crippen molar-refractivity contribution >= 4 is 70.5 Å². The SMILES string of the molecule is O=C(O)C1=Cc2cc(Cl)cc(Cl)c2OC1C(F)(F)F.O=C(O)C1=Cc2cc(Cl)cc(Cl)c2O[C@@H]1C(F)(F)F. The molecule has 38 heavy (non-hydrogen) atoms. The molecule has 16 heteroatoms. The molecule has 0 spiro atoms. The average molecular weight is 626 g/mol. The number of carbonyl (C=O) groups is 2. The van der Waals surface area contributed by atoms with Gasteiger partial charge < -0.3 is 19.7 Å². The van der Waals surface area contributed by atoms with Crippen LogP contribution in [-0.2, 0) is 9.59 Å². The second-order valence-corrected chi connectivity index (χ2v) is 9.19. The van der Waals surface area contributed by atoms with Crippen molar-refractivity contribution in [2.75, 3.05) is 0 Å². The van der Waals surface area contributed by atoms with Crippen molar-refractivity contribution in [1.29, 1.82) is 0 Å². The number of alkyl halides is 6. The van der Waals surface area contributed by atoms with Crippen LogP contribution < -0.4 is 9.47 Å². The fourth-order valence-corrected chi connectivity index (χ4v) is 4.41. The number of hydrogen-bond donors (Lipinski definition) is 2. The zero-order valence-corrected chi connectivity index (χ0v) is 20.9. The summed E-state index contributed by atoms with van der Waals surface area (Å²) >= 11 is 22.9. The number of benzene rings is 2. The van der Waals surface area contributed by atoms with E-state index in [0.29, 0.717) is 0 Å². The maximum absolute atomic E-state index is 12.8. The van der Waals surface area contributed by atoms with Gasteiger partial charge in [0, 0.05) is 21.2 Å². The van der Waals surface area contributed by atoms with Crippen LogP contribution in [-0.4, -0.2) is 46.7 Å². The van der Waals surface area contributed by atoms with Gasteiger partial charge in [-0.3, -0.25) is 0 Å². The summed E-state index contributed by atoms with van der Waals surface area (Å²) in [4.78, 5) is 21.8. The Kier molecular flexibility index (Phi) is 8.42. The molecule has 0 amide bonds. The Hall–Kier alpha value is -2.80. The van der Waals surface area contributed by atoms with Crippen LogP contribution in [0.15, 0.2) is 35.4 Å². The van der Waals surface area contributed by atoms with Crippen LogP contribution in [0.5, 0.6) is 11.5 Å². The average Bonchev–Trinajstić information content (AvgIpc) is 2.76. The minimum atomic E-state index is -4.86. The van der Waals surface area contributed by atoms with Crippen molar-refractivity contribution in [1.82, 2.24) is 0 Å².